The molecule has 86 valence electrons. The van der Waals surface area contributed by atoms with Crippen LogP contribution < -0.4 is 5.73 Å². The zero-order chi connectivity index (χ0) is 12.8. The fraction of sp³-hybridized carbons (Fsp3) is 0. The van der Waals surface area contributed by atoms with Gasteiger partial charge >= 0.3 is 5.97 Å². The molecule has 7 heteroatoms. The van der Waals surface area contributed by atoms with E-state index in [4.69, 9.17) is 22.6 Å². The second-order valence-corrected chi connectivity index (χ2v) is 3.24. The van der Waals surface area contributed by atoms with E-state index in [2.05, 4.69) is 9.99 Å². The van der Waals surface area contributed by atoms with Crippen LogP contribution in [-0.2, 0) is 9.63 Å². The van der Waals surface area contributed by atoms with Crippen molar-refractivity contribution in [1.82, 2.24) is 0 Å². The van der Waals surface area contributed by atoms with Crippen LogP contribution in [-0.4, -0.2) is 17.6 Å². The largest absolute Gasteiger partial charge is 0.365 e. The summed E-state index contributed by atoms with van der Waals surface area (Å²) < 4.78 is 0. The molecule has 0 saturated heterocycles. The molecule has 0 aliphatic heterocycles. The van der Waals surface area contributed by atoms with E-state index in [0.717, 1.165) is 0 Å². The monoisotopic (exact) mass is 251 g/mol. The summed E-state index contributed by atoms with van der Waals surface area (Å²) in [6.45, 7) is 0. The van der Waals surface area contributed by atoms with E-state index in [-0.39, 0.29) is 5.56 Å². The van der Waals surface area contributed by atoms with E-state index in [1.165, 1.54) is 30.3 Å². The van der Waals surface area contributed by atoms with Gasteiger partial charge in [0.25, 0.3) is 5.91 Å². The first-order valence-electron chi connectivity index (χ1n) is 4.29. The number of carbonyl (C=O) groups excluding carboxylic acids is 2. The highest BCUT2D eigenvalue weighted by atomic mass is 35.5. The Labute approximate surface area is 101 Å². The normalized spacial score (nSPS) is 10.5. The van der Waals surface area contributed by atoms with Crippen molar-refractivity contribution < 1.29 is 14.4 Å². The van der Waals surface area contributed by atoms with Crippen LogP contribution in [0.1, 0.15) is 10.4 Å². The van der Waals surface area contributed by atoms with E-state index in [0.29, 0.717) is 5.02 Å². The van der Waals surface area contributed by atoms with Crippen LogP contribution in [0, 0.1) is 11.3 Å². The van der Waals surface area contributed by atoms with Crippen LogP contribution in [0.4, 0.5) is 0 Å². The van der Waals surface area contributed by atoms with Crippen molar-refractivity contribution in [3.8, 4) is 6.07 Å². The second-order valence-electron chi connectivity index (χ2n) is 2.80. The van der Waals surface area contributed by atoms with Gasteiger partial charge in [-0.05, 0) is 24.3 Å². The average molecular weight is 252 g/mol. The van der Waals surface area contributed by atoms with Gasteiger partial charge in [-0.2, -0.15) is 5.26 Å². The van der Waals surface area contributed by atoms with Gasteiger partial charge in [0.15, 0.2) is 0 Å². The summed E-state index contributed by atoms with van der Waals surface area (Å²) in [4.78, 5) is 26.3. The number of nitriles is 1. The van der Waals surface area contributed by atoms with Gasteiger partial charge in [-0.25, -0.2) is 4.79 Å². The molecule has 6 nitrogen and oxygen atoms in total. The maximum atomic E-state index is 11.4. The Kier molecular flexibility index (Phi) is 4.20. The molecule has 0 radical (unpaired) electrons. The highest BCUT2D eigenvalue weighted by molar-refractivity contribution is 6.44. The van der Waals surface area contributed by atoms with Crippen molar-refractivity contribution in [3.05, 3.63) is 34.9 Å². The highest BCUT2D eigenvalue weighted by Gasteiger charge is 2.10. The first-order chi connectivity index (χ1) is 8.04. The number of nitrogens with zero attached hydrogens (tertiary/aromatic N) is 2. The van der Waals surface area contributed by atoms with Gasteiger partial charge in [0, 0.05) is 5.02 Å². The van der Waals surface area contributed by atoms with Gasteiger partial charge in [0.05, 0.1) is 5.56 Å². The number of amides is 1. The predicted molar refractivity (Wildman–Crippen MR) is 59.1 cm³/mol. The second kappa shape index (κ2) is 5.63. The van der Waals surface area contributed by atoms with Crippen molar-refractivity contribution in [2.24, 2.45) is 10.9 Å². The molecule has 0 saturated carbocycles. The zero-order valence-corrected chi connectivity index (χ0v) is 9.14. The lowest BCUT2D eigenvalue weighted by atomic mass is 10.2. The molecule has 0 atom stereocenters. The quantitative estimate of drug-likeness (QED) is 0.488. The molecule has 1 aromatic rings. The molecule has 1 amide bonds. The van der Waals surface area contributed by atoms with Crippen molar-refractivity contribution >= 4 is 29.2 Å². The lowest BCUT2D eigenvalue weighted by Gasteiger charge is -1.97. The predicted octanol–water partition coefficient (Wildman–Crippen LogP) is 0.862. The highest BCUT2D eigenvalue weighted by Crippen LogP contribution is 2.10. The number of oxime groups is 1. The Morgan fingerprint density at radius 3 is 2.41 bits per heavy atom. The minimum Gasteiger partial charge on any atom is -0.364 e. The lowest BCUT2D eigenvalue weighted by molar-refractivity contribution is -0.112. The van der Waals surface area contributed by atoms with E-state index in [9.17, 15) is 9.59 Å². The molecule has 17 heavy (non-hydrogen) atoms. The molecule has 2 N–H and O–H groups in total. The molecular weight excluding hydrogens is 246 g/mol. The lowest BCUT2D eigenvalue weighted by Crippen LogP contribution is -2.22. The molecule has 0 unspecified atom stereocenters. The first kappa shape index (κ1) is 12.7. The van der Waals surface area contributed by atoms with Gasteiger partial charge in [-0.15, -0.1) is 0 Å². The van der Waals surface area contributed by atoms with Crippen LogP contribution in [0.25, 0.3) is 0 Å². The van der Waals surface area contributed by atoms with E-state index in [1.807, 2.05) is 0 Å². The fourth-order valence-electron chi connectivity index (χ4n) is 0.846. The Morgan fingerprint density at radius 1 is 1.35 bits per heavy atom. The topological polar surface area (TPSA) is 106 Å². The summed E-state index contributed by atoms with van der Waals surface area (Å²) in [6.07, 6.45) is 0. The van der Waals surface area contributed by atoms with Gasteiger partial charge in [-0.3, -0.25) is 4.79 Å². The van der Waals surface area contributed by atoms with Crippen LogP contribution in [0.2, 0.25) is 5.02 Å². The zero-order valence-electron chi connectivity index (χ0n) is 8.38. The molecule has 1 aromatic carbocycles. The SMILES string of the molecule is N#C/C(=N/OC(=O)c1ccc(Cl)cc1)C(N)=O. The fourth-order valence-corrected chi connectivity index (χ4v) is 0.972. The Morgan fingerprint density at radius 2 is 1.94 bits per heavy atom. The Bertz CT molecular complexity index is 517. The number of hydrogen-bond donors (Lipinski definition) is 1. The van der Waals surface area contributed by atoms with Gasteiger partial charge in [0.1, 0.15) is 6.07 Å². The standard InChI is InChI=1S/C10H6ClN3O3/c11-7-3-1-6(2-4-7)10(16)17-14-8(5-12)9(13)15/h1-4H,(H2,13,15)/b14-8-. The van der Waals surface area contributed by atoms with Crippen LogP contribution in [0.5, 0.6) is 0 Å². The van der Waals surface area contributed by atoms with E-state index >= 15 is 0 Å². The molecule has 0 fully saturated rings. The number of rotatable bonds is 3. The first-order valence-corrected chi connectivity index (χ1v) is 4.67. The maximum absolute atomic E-state index is 11.4. The van der Waals surface area contributed by atoms with Gasteiger partial charge < -0.3 is 10.6 Å². The van der Waals surface area contributed by atoms with Gasteiger partial charge in [0.2, 0.25) is 5.71 Å². The molecule has 0 heterocycles. The summed E-state index contributed by atoms with van der Waals surface area (Å²) in [6, 6.07) is 7.20. The molecule has 0 bridgehead atoms. The van der Waals surface area contributed by atoms with Gasteiger partial charge in [-0.1, -0.05) is 16.8 Å². The van der Waals surface area contributed by atoms with Crippen molar-refractivity contribution in [1.29, 1.82) is 5.26 Å². The van der Waals surface area contributed by atoms with Crippen molar-refractivity contribution in [2.45, 2.75) is 0 Å². The third-order valence-electron chi connectivity index (χ3n) is 1.64. The van der Waals surface area contributed by atoms with Crippen LogP contribution >= 0.6 is 11.6 Å². The Balaban J connectivity index is 2.77. The Hall–Kier alpha value is -2.39. The molecule has 0 aliphatic carbocycles. The third-order valence-corrected chi connectivity index (χ3v) is 1.89. The van der Waals surface area contributed by atoms with Crippen molar-refractivity contribution in [2.75, 3.05) is 0 Å². The third kappa shape index (κ3) is 3.59. The summed E-state index contributed by atoms with van der Waals surface area (Å²) in [5, 5.41) is 11.9. The van der Waals surface area contributed by atoms with E-state index in [1.54, 1.807) is 0 Å². The maximum Gasteiger partial charge on any atom is 0.365 e. The summed E-state index contributed by atoms with van der Waals surface area (Å²) >= 11 is 5.62. The minimum absolute atomic E-state index is 0.180. The smallest absolute Gasteiger partial charge is 0.364 e. The molecule has 0 aliphatic rings. The van der Waals surface area contributed by atoms with Crippen molar-refractivity contribution in [3.63, 3.8) is 0 Å². The number of nitrogens with two attached hydrogens (primary N) is 1. The number of primary amides is 1. The molecule has 0 aromatic heterocycles. The summed E-state index contributed by atoms with van der Waals surface area (Å²) in [5.41, 5.74) is 4.28. The summed E-state index contributed by atoms with van der Waals surface area (Å²) in [7, 11) is 0. The van der Waals surface area contributed by atoms with Crippen LogP contribution in [0.15, 0.2) is 29.4 Å². The molecule has 0 spiro atoms. The molecule has 1 rings (SSSR count). The van der Waals surface area contributed by atoms with Crippen LogP contribution in [0.3, 0.4) is 0 Å². The number of hydrogen-bond acceptors (Lipinski definition) is 5. The number of benzene rings is 1. The minimum atomic E-state index is -1.07. The van der Waals surface area contributed by atoms with E-state index < -0.39 is 17.6 Å². The average Bonchev–Trinajstić information content (AvgIpc) is 2.30. The molecular formula is C10H6ClN3O3. The summed E-state index contributed by atoms with van der Waals surface area (Å²) in [5.74, 6) is -1.90. The number of halogens is 1. The number of carbonyl (C=O) groups is 2.